The summed E-state index contributed by atoms with van der Waals surface area (Å²) in [7, 11) is 0. The predicted molar refractivity (Wildman–Crippen MR) is 111 cm³/mol. The Morgan fingerprint density at radius 1 is 0.677 bits per heavy atom. The number of hydrogen-bond donors (Lipinski definition) is 0. The number of rotatable bonds is 4. The minimum Gasteiger partial charge on any atom is -0.464 e. The van der Waals surface area contributed by atoms with E-state index in [1.165, 1.54) is 9.80 Å². The molecule has 0 aromatic carbocycles. The number of likely N-dealkylation sites (tertiary alicyclic amines) is 3. The van der Waals surface area contributed by atoms with Gasteiger partial charge in [0.25, 0.3) is 11.7 Å². The van der Waals surface area contributed by atoms with Gasteiger partial charge in [-0.15, -0.1) is 0 Å². The molecule has 0 N–H and O–H groups in total. The van der Waals surface area contributed by atoms with Crippen LogP contribution in [0.5, 0.6) is 0 Å². The topological polar surface area (TPSA) is 104 Å². The van der Waals surface area contributed by atoms with Crippen LogP contribution in [0.25, 0.3) is 0 Å². The Labute approximate surface area is 183 Å². The molecule has 3 rings (SSSR count). The highest BCUT2D eigenvalue weighted by molar-refractivity contribution is 6.46. The van der Waals surface area contributed by atoms with Crippen molar-refractivity contribution in [1.29, 1.82) is 0 Å². The van der Waals surface area contributed by atoms with Gasteiger partial charge in [-0.2, -0.15) is 0 Å². The first-order valence-electron chi connectivity index (χ1n) is 11.5. The van der Waals surface area contributed by atoms with Gasteiger partial charge in [0.15, 0.2) is 0 Å². The molecule has 3 fully saturated rings. The molecule has 1 unspecified atom stereocenters. The zero-order valence-corrected chi connectivity index (χ0v) is 18.4. The first-order valence-corrected chi connectivity index (χ1v) is 11.5. The average molecular weight is 436 g/mol. The lowest BCUT2D eigenvalue weighted by molar-refractivity contribution is -0.176. The maximum atomic E-state index is 13.5. The van der Waals surface area contributed by atoms with Crippen LogP contribution in [0.1, 0.15) is 64.7 Å². The molecule has 3 amide bonds. The molecule has 0 saturated carbocycles. The van der Waals surface area contributed by atoms with Crippen LogP contribution in [-0.2, 0) is 28.7 Å². The summed E-state index contributed by atoms with van der Waals surface area (Å²) in [5.41, 5.74) is -2.06. The molecule has 9 nitrogen and oxygen atoms in total. The second-order valence-corrected chi connectivity index (χ2v) is 8.53. The summed E-state index contributed by atoms with van der Waals surface area (Å²) in [4.78, 5) is 69.9. The summed E-state index contributed by atoms with van der Waals surface area (Å²) in [6.07, 6.45) is 6.22. The molecule has 172 valence electrons. The quantitative estimate of drug-likeness (QED) is 0.369. The molecule has 3 aliphatic heterocycles. The van der Waals surface area contributed by atoms with Gasteiger partial charge in [0, 0.05) is 32.7 Å². The average Bonchev–Trinajstić information content (AvgIpc) is 2.83. The third kappa shape index (κ3) is 4.60. The van der Waals surface area contributed by atoms with Crippen molar-refractivity contribution < 1.29 is 28.7 Å². The number of Topliss-reactive ketones (excluding diaryl/α,β-unsaturated/α-hetero) is 1. The number of amides is 3. The van der Waals surface area contributed by atoms with Crippen LogP contribution >= 0.6 is 0 Å². The molecular weight excluding hydrogens is 402 g/mol. The molecule has 1 atom stereocenters. The predicted octanol–water partition coefficient (Wildman–Crippen LogP) is 0.895. The highest BCUT2D eigenvalue weighted by Crippen LogP contribution is 2.33. The zero-order chi connectivity index (χ0) is 22.4. The monoisotopic (exact) mass is 435 g/mol. The van der Waals surface area contributed by atoms with Gasteiger partial charge in [0.2, 0.25) is 5.54 Å². The molecule has 0 spiro atoms. The minimum absolute atomic E-state index is 0.00781. The van der Waals surface area contributed by atoms with Gasteiger partial charge in [0.1, 0.15) is 0 Å². The summed E-state index contributed by atoms with van der Waals surface area (Å²) in [6.45, 7) is 3.53. The van der Waals surface area contributed by atoms with Crippen LogP contribution in [0.2, 0.25) is 0 Å². The van der Waals surface area contributed by atoms with Crippen LogP contribution in [0, 0.1) is 0 Å². The fourth-order valence-electron chi connectivity index (χ4n) is 4.81. The minimum atomic E-state index is -2.06. The molecule has 0 bridgehead atoms. The molecular formula is C22H33N3O6. The SMILES string of the molecule is CCOC(=O)C1(C(=O)C(=O)N2CCCCC2)CCCCN1C(=O)C(=O)N1CCCCC1. The summed E-state index contributed by atoms with van der Waals surface area (Å²) in [6, 6.07) is 0. The van der Waals surface area contributed by atoms with E-state index in [9.17, 15) is 24.0 Å². The number of ketones is 1. The third-order valence-electron chi connectivity index (χ3n) is 6.53. The highest BCUT2D eigenvalue weighted by atomic mass is 16.5. The first-order chi connectivity index (χ1) is 14.9. The third-order valence-corrected chi connectivity index (χ3v) is 6.53. The van der Waals surface area contributed by atoms with Gasteiger partial charge >= 0.3 is 17.8 Å². The van der Waals surface area contributed by atoms with Crippen LogP contribution in [-0.4, -0.2) is 89.0 Å². The summed E-state index contributed by atoms with van der Waals surface area (Å²) in [5, 5.41) is 0. The fraction of sp³-hybridized carbons (Fsp3) is 0.773. The number of carbonyl (C=O) groups is 5. The van der Waals surface area contributed by atoms with Crippen molar-refractivity contribution >= 4 is 29.5 Å². The molecule has 0 aromatic heterocycles. The first kappa shape index (κ1) is 23.2. The number of carbonyl (C=O) groups excluding carboxylic acids is 5. The Hall–Kier alpha value is -2.45. The van der Waals surface area contributed by atoms with Crippen molar-refractivity contribution in [1.82, 2.24) is 14.7 Å². The van der Waals surface area contributed by atoms with Crippen LogP contribution in [0.15, 0.2) is 0 Å². The maximum Gasteiger partial charge on any atom is 0.340 e. The Balaban J connectivity index is 1.93. The zero-order valence-electron chi connectivity index (χ0n) is 18.4. The van der Waals surface area contributed by atoms with E-state index in [0.717, 1.165) is 43.4 Å². The Kier molecular flexibility index (Phi) is 7.67. The van der Waals surface area contributed by atoms with Crippen molar-refractivity contribution in [3.63, 3.8) is 0 Å². The van der Waals surface area contributed by atoms with E-state index in [0.29, 0.717) is 39.0 Å². The van der Waals surface area contributed by atoms with E-state index in [1.807, 2.05) is 0 Å². The molecule has 0 radical (unpaired) electrons. The molecule has 3 saturated heterocycles. The van der Waals surface area contributed by atoms with Crippen molar-refractivity contribution in [2.75, 3.05) is 39.3 Å². The van der Waals surface area contributed by atoms with Gasteiger partial charge in [-0.1, -0.05) is 0 Å². The van der Waals surface area contributed by atoms with Gasteiger partial charge in [0.05, 0.1) is 6.61 Å². The second-order valence-electron chi connectivity index (χ2n) is 8.53. The van der Waals surface area contributed by atoms with E-state index >= 15 is 0 Å². The summed E-state index contributed by atoms with van der Waals surface area (Å²) >= 11 is 0. The fourth-order valence-corrected chi connectivity index (χ4v) is 4.81. The Morgan fingerprint density at radius 3 is 1.74 bits per heavy atom. The van der Waals surface area contributed by atoms with Crippen molar-refractivity contribution in [3.05, 3.63) is 0 Å². The van der Waals surface area contributed by atoms with Crippen LogP contribution in [0.4, 0.5) is 0 Å². The Morgan fingerprint density at radius 2 is 1.19 bits per heavy atom. The van der Waals surface area contributed by atoms with Crippen molar-refractivity contribution in [2.24, 2.45) is 0 Å². The van der Waals surface area contributed by atoms with Gasteiger partial charge in [-0.25, -0.2) is 4.79 Å². The lowest BCUT2D eigenvalue weighted by Gasteiger charge is -2.44. The van der Waals surface area contributed by atoms with E-state index < -0.39 is 35.0 Å². The lowest BCUT2D eigenvalue weighted by atomic mass is 9.81. The van der Waals surface area contributed by atoms with Crippen molar-refractivity contribution in [2.45, 2.75) is 70.3 Å². The van der Waals surface area contributed by atoms with Crippen molar-refractivity contribution in [3.8, 4) is 0 Å². The van der Waals surface area contributed by atoms with Gasteiger partial charge < -0.3 is 19.4 Å². The largest absolute Gasteiger partial charge is 0.464 e. The van der Waals surface area contributed by atoms with Gasteiger partial charge in [-0.05, 0) is 64.7 Å². The molecule has 9 heteroatoms. The molecule has 0 aliphatic carbocycles. The van der Waals surface area contributed by atoms with Gasteiger partial charge in [-0.3, -0.25) is 19.2 Å². The number of hydrogen-bond acceptors (Lipinski definition) is 6. The van der Waals surface area contributed by atoms with E-state index in [1.54, 1.807) is 6.92 Å². The number of nitrogens with zero attached hydrogens (tertiary/aromatic N) is 3. The maximum absolute atomic E-state index is 13.5. The number of piperidine rings is 3. The van der Waals surface area contributed by atoms with E-state index in [4.69, 9.17) is 4.74 Å². The smallest absolute Gasteiger partial charge is 0.340 e. The number of esters is 1. The molecule has 0 aromatic rings. The summed E-state index contributed by atoms with van der Waals surface area (Å²) < 4.78 is 5.20. The highest BCUT2D eigenvalue weighted by Gasteiger charge is 2.59. The molecule has 3 aliphatic rings. The summed E-state index contributed by atoms with van der Waals surface area (Å²) in [5.74, 6) is -4.24. The lowest BCUT2D eigenvalue weighted by Crippen LogP contribution is -2.69. The molecule has 31 heavy (non-hydrogen) atoms. The Bertz CT molecular complexity index is 727. The van der Waals surface area contributed by atoms with Crippen LogP contribution < -0.4 is 0 Å². The standard InChI is InChI=1S/C22H33N3O6/c1-2-31-21(30)22(17(26)18(27)23-12-6-3-7-13-23)11-5-10-16-25(22)20(29)19(28)24-14-8-4-9-15-24/h2-16H2,1H3. The van der Waals surface area contributed by atoms with E-state index in [2.05, 4.69) is 0 Å². The second kappa shape index (κ2) is 10.2. The normalized spacial score (nSPS) is 24.5. The number of ether oxygens (including phenoxy) is 1. The molecule has 3 heterocycles. The van der Waals surface area contributed by atoms with E-state index in [-0.39, 0.29) is 19.6 Å². The van der Waals surface area contributed by atoms with Crippen LogP contribution in [0.3, 0.4) is 0 Å².